The Morgan fingerprint density at radius 2 is 1.70 bits per heavy atom. The van der Waals surface area contributed by atoms with Crippen molar-refractivity contribution in [2.75, 3.05) is 0 Å². The molecule has 2 rings (SSSR count). The highest BCUT2D eigenvalue weighted by molar-refractivity contribution is 5.66. The van der Waals surface area contributed by atoms with Gasteiger partial charge in [-0.05, 0) is 30.7 Å². The van der Waals surface area contributed by atoms with Crippen molar-refractivity contribution in [3.63, 3.8) is 0 Å². The van der Waals surface area contributed by atoms with Crippen LogP contribution in [-0.2, 0) is 6.54 Å². The third-order valence-corrected chi connectivity index (χ3v) is 3.16. The van der Waals surface area contributed by atoms with Gasteiger partial charge in [-0.15, -0.1) is 0 Å². The summed E-state index contributed by atoms with van der Waals surface area (Å²) in [4.78, 5) is 0. The molecule has 0 aliphatic rings. The van der Waals surface area contributed by atoms with Crippen molar-refractivity contribution in [3.05, 3.63) is 59.2 Å². The van der Waals surface area contributed by atoms with E-state index in [0.717, 1.165) is 11.1 Å². The summed E-state index contributed by atoms with van der Waals surface area (Å²) >= 11 is 0. The molecule has 0 radical (unpaired) electrons. The van der Waals surface area contributed by atoms with Crippen LogP contribution in [0.15, 0.2) is 36.4 Å². The van der Waals surface area contributed by atoms with Crippen molar-refractivity contribution in [1.82, 2.24) is 5.32 Å². The van der Waals surface area contributed by atoms with Crippen LogP contribution in [0.2, 0.25) is 0 Å². The average molecular weight is 275 g/mol. The quantitative estimate of drug-likeness (QED) is 0.870. The third kappa shape index (κ3) is 3.42. The maximum absolute atomic E-state index is 14.2. The van der Waals surface area contributed by atoms with Gasteiger partial charge in [0.05, 0.1) is 0 Å². The lowest BCUT2D eigenvalue weighted by molar-refractivity contribution is 0.581. The molecule has 0 bridgehead atoms. The van der Waals surface area contributed by atoms with Gasteiger partial charge in [-0.3, -0.25) is 0 Å². The second kappa shape index (κ2) is 6.14. The van der Waals surface area contributed by atoms with Gasteiger partial charge in [-0.2, -0.15) is 0 Å². The Morgan fingerprint density at radius 1 is 0.950 bits per heavy atom. The van der Waals surface area contributed by atoms with Crippen LogP contribution in [-0.4, -0.2) is 6.04 Å². The largest absolute Gasteiger partial charge is 0.310 e. The predicted octanol–water partition coefficient (Wildman–Crippen LogP) is 4.44. The monoisotopic (exact) mass is 275 g/mol. The molecule has 3 heteroatoms. The lowest BCUT2D eigenvalue weighted by Gasteiger charge is -2.11. The SMILES string of the molecule is Cc1ccc(F)c(-c2ccc(CNC(C)C)cc2F)c1. The molecule has 0 aliphatic heterocycles. The summed E-state index contributed by atoms with van der Waals surface area (Å²) in [6.07, 6.45) is 0. The van der Waals surface area contributed by atoms with Crippen LogP contribution in [0.4, 0.5) is 8.78 Å². The number of benzene rings is 2. The number of halogens is 2. The van der Waals surface area contributed by atoms with Gasteiger partial charge in [0, 0.05) is 23.7 Å². The Morgan fingerprint density at radius 3 is 2.35 bits per heavy atom. The van der Waals surface area contributed by atoms with E-state index in [4.69, 9.17) is 0 Å². The van der Waals surface area contributed by atoms with Crippen molar-refractivity contribution in [2.24, 2.45) is 0 Å². The van der Waals surface area contributed by atoms with Crippen molar-refractivity contribution < 1.29 is 8.78 Å². The molecule has 0 spiro atoms. The minimum Gasteiger partial charge on any atom is -0.310 e. The standard InChI is InChI=1S/C17H19F2N/c1-11(2)20-10-13-5-6-14(17(19)9-13)15-8-12(3)4-7-16(15)18/h4-9,11,20H,10H2,1-3H3. The van der Waals surface area contributed by atoms with Crippen LogP contribution in [0.25, 0.3) is 11.1 Å². The zero-order valence-electron chi connectivity index (χ0n) is 12.0. The first-order chi connectivity index (χ1) is 9.47. The molecular weight excluding hydrogens is 256 g/mol. The van der Waals surface area contributed by atoms with Gasteiger partial charge in [0.25, 0.3) is 0 Å². The summed E-state index contributed by atoms with van der Waals surface area (Å²) in [5.74, 6) is -0.792. The molecule has 0 heterocycles. The molecule has 0 aliphatic carbocycles. The van der Waals surface area contributed by atoms with Gasteiger partial charge in [0.2, 0.25) is 0 Å². The van der Waals surface area contributed by atoms with E-state index in [1.807, 2.05) is 26.8 Å². The van der Waals surface area contributed by atoms with E-state index in [0.29, 0.717) is 23.7 Å². The van der Waals surface area contributed by atoms with E-state index >= 15 is 0 Å². The topological polar surface area (TPSA) is 12.0 Å². The van der Waals surface area contributed by atoms with Crippen molar-refractivity contribution in [2.45, 2.75) is 33.4 Å². The van der Waals surface area contributed by atoms with E-state index in [1.165, 1.54) is 12.1 Å². The van der Waals surface area contributed by atoms with Gasteiger partial charge >= 0.3 is 0 Å². The first-order valence-electron chi connectivity index (χ1n) is 6.75. The highest BCUT2D eigenvalue weighted by atomic mass is 19.1. The Labute approximate surface area is 118 Å². The molecule has 0 saturated carbocycles. The van der Waals surface area contributed by atoms with Crippen LogP contribution >= 0.6 is 0 Å². The minimum absolute atomic E-state index is 0.305. The lowest BCUT2D eigenvalue weighted by atomic mass is 10.0. The maximum atomic E-state index is 14.2. The average Bonchev–Trinajstić information content (AvgIpc) is 2.39. The fourth-order valence-electron chi connectivity index (χ4n) is 2.05. The molecule has 20 heavy (non-hydrogen) atoms. The summed E-state index contributed by atoms with van der Waals surface area (Å²) in [6, 6.07) is 9.99. The van der Waals surface area contributed by atoms with Gasteiger partial charge in [0.15, 0.2) is 0 Å². The second-order valence-electron chi connectivity index (χ2n) is 5.33. The molecule has 0 atom stereocenters. The van der Waals surface area contributed by atoms with Gasteiger partial charge in [-0.25, -0.2) is 8.78 Å². The summed E-state index contributed by atoms with van der Waals surface area (Å²) in [5.41, 5.74) is 2.38. The van der Waals surface area contributed by atoms with E-state index in [-0.39, 0.29) is 0 Å². The number of hydrogen-bond donors (Lipinski definition) is 1. The molecule has 0 saturated heterocycles. The van der Waals surface area contributed by atoms with Crippen LogP contribution < -0.4 is 5.32 Å². The molecule has 2 aromatic carbocycles. The molecule has 0 unspecified atom stereocenters. The first kappa shape index (κ1) is 14.7. The van der Waals surface area contributed by atoms with E-state index < -0.39 is 11.6 Å². The number of aryl methyl sites for hydroxylation is 1. The maximum Gasteiger partial charge on any atom is 0.131 e. The predicted molar refractivity (Wildman–Crippen MR) is 78.5 cm³/mol. The van der Waals surface area contributed by atoms with Crippen LogP contribution in [0.1, 0.15) is 25.0 Å². The van der Waals surface area contributed by atoms with E-state index in [2.05, 4.69) is 5.32 Å². The fourth-order valence-corrected chi connectivity index (χ4v) is 2.05. The first-order valence-corrected chi connectivity index (χ1v) is 6.75. The Hall–Kier alpha value is -1.74. The summed E-state index contributed by atoms with van der Waals surface area (Å²) in [7, 11) is 0. The summed E-state index contributed by atoms with van der Waals surface area (Å²) < 4.78 is 28.0. The zero-order valence-corrected chi connectivity index (χ0v) is 12.0. The van der Waals surface area contributed by atoms with Gasteiger partial charge in [-0.1, -0.05) is 37.6 Å². The van der Waals surface area contributed by atoms with E-state index in [1.54, 1.807) is 18.2 Å². The molecule has 2 aromatic rings. The van der Waals surface area contributed by atoms with Crippen LogP contribution in [0.5, 0.6) is 0 Å². The highest BCUT2D eigenvalue weighted by Crippen LogP contribution is 2.27. The molecule has 1 nitrogen and oxygen atoms in total. The lowest BCUT2D eigenvalue weighted by Crippen LogP contribution is -2.21. The van der Waals surface area contributed by atoms with Crippen molar-refractivity contribution in [3.8, 4) is 11.1 Å². The molecule has 0 fully saturated rings. The fraction of sp³-hybridized carbons (Fsp3) is 0.294. The van der Waals surface area contributed by atoms with Crippen LogP contribution in [0.3, 0.4) is 0 Å². The third-order valence-electron chi connectivity index (χ3n) is 3.16. The Balaban J connectivity index is 2.32. The smallest absolute Gasteiger partial charge is 0.131 e. The normalized spacial score (nSPS) is 11.1. The molecule has 0 amide bonds. The van der Waals surface area contributed by atoms with Crippen molar-refractivity contribution >= 4 is 0 Å². The number of rotatable bonds is 4. The minimum atomic E-state index is -0.400. The second-order valence-corrected chi connectivity index (χ2v) is 5.33. The molecular formula is C17H19F2N. The zero-order chi connectivity index (χ0) is 14.7. The van der Waals surface area contributed by atoms with Gasteiger partial charge in [0.1, 0.15) is 11.6 Å². The van der Waals surface area contributed by atoms with Crippen LogP contribution in [0, 0.1) is 18.6 Å². The molecule has 106 valence electrons. The van der Waals surface area contributed by atoms with Crippen molar-refractivity contribution in [1.29, 1.82) is 0 Å². The van der Waals surface area contributed by atoms with E-state index in [9.17, 15) is 8.78 Å². The number of hydrogen-bond acceptors (Lipinski definition) is 1. The van der Waals surface area contributed by atoms with Gasteiger partial charge < -0.3 is 5.32 Å². The molecule has 1 N–H and O–H groups in total. The Bertz CT molecular complexity index is 606. The Kier molecular flexibility index (Phi) is 4.50. The summed E-state index contributed by atoms with van der Waals surface area (Å²) in [6.45, 7) is 6.53. The summed E-state index contributed by atoms with van der Waals surface area (Å²) in [5, 5.41) is 3.23. The number of nitrogens with one attached hydrogen (secondary N) is 1. The highest BCUT2D eigenvalue weighted by Gasteiger charge is 2.11. The molecule has 0 aromatic heterocycles.